The predicted molar refractivity (Wildman–Crippen MR) is 168 cm³/mol. The second-order valence-corrected chi connectivity index (χ2v) is 12.7. The molecule has 0 aromatic heterocycles. The lowest BCUT2D eigenvalue weighted by Gasteiger charge is -2.33. The number of unbranched alkanes of at least 4 members (excludes halogenated alkanes) is 1. The molecule has 11 nitrogen and oxygen atoms in total. The molecule has 0 aliphatic rings. The molecular formula is C30H35BrN4O7S. The Morgan fingerprint density at radius 3 is 2.30 bits per heavy atom. The smallest absolute Gasteiger partial charge is 0.271 e. The van der Waals surface area contributed by atoms with Crippen molar-refractivity contribution in [2.24, 2.45) is 0 Å². The molecule has 3 aromatic carbocycles. The van der Waals surface area contributed by atoms with Crippen LogP contribution in [-0.2, 0) is 32.6 Å². The number of ether oxygens (including phenoxy) is 1. The number of anilines is 1. The van der Waals surface area contributed by atoms with Gasteiger partial charge in [0.15, 0.2) is 0 Å². The molecule has 0 spiro atoms. The first-order chi connectivity index (χ1) is 20.4. The van der Waals surface area contributed by atoms with Gasteiger partial charge in [-0.25, -0.2) is 8.42 Å². The van der Waals surface area contributed by atoms with Gasteiger partial charge in [0.1, 0.15) is 24.0 Å². The molecule has 0 radical (unpaired) electrons. The summed E-state index contributed by atoms with van der Waals surface area (Å²) < 4.78 is 33.0. The van der Waals surface area contributed by atoms with Gasteiger partial charge in [0.05, 0.1) is 18.3 Å². The maximum Gasteiger partial charge on any atom is 0.271 e. The fraction of sp³-hybridized carbons (Fsp3) is 0.333. The van der Waals surface area contributed by atoms with Crippen LogP contribution < -0.4 is 14.4 Å². The number of carbonyl (C=O) groups excluding carboxylic acids is 2. The fourth-order valence-corrected chi connectivity index (χ4v) is 5.54. The Labute approximate surface area is 260 Å². The van der Waals surface area contributed by atoms with Gasteiger partial charge in [-0.15, -0.1) is 0 Å². The lowest BCUT2D eigenvalue weighted by molar-refractivity contribution is -0.384. The van der Waals surface area contributed by atoms with E-state index < -0.39 is 33.4 Å². The standard InChI is InChI=1S/C30H35BrN4O7S/c1-4-5-17-32-30(37)27(18-22-9-7-6-8-10-22)33(20-23-11-13-24(31)14-12-23)29(36)21-34(43(3,40)41)26-19-25(35(38)39)15-16-28(26)42-2/h6-16,19,27H,4-5,17-18,20-21H2,1-3H3,(H,32,37)/t27-/m1/s1. The third-order valence-electron chi connectivity index (χ3n) is 6.69. The van der Waals surface area contributed by atoms with Crippen molar-refractivity contribution in [3.8, 4) is 5.75 Å². The van der Waals surface area contributed by atoms with Crippen molar-refractivity contribution in [2.75, 3.05) is 30.8 Å². The molecule has 1 atom stereocenters. The maximum atomic E-state index is 14.2. The van der Waals surface area contributed by atoms with Crippen LogP contribution >= 0.6 is 15.9 Å². The number of hydrogen-bond donors (Lipinski definition) is 1. The molecular weight excluding hydrogens is 640 g/mol. The van der Waals surface area contributed by atoms with Gasteiger partial charge >= 0.3 is 0 Å². The van der Waals surface area contributed by atoms with Crippen molar-refractivity contribution in [3.63, 3.8) is 0 Å². The third kappa shape index (κ3) is 9.52. The molecule has 0 aliphatic carbocycles. The van der Waals surface area contributed by atoms with Crippen LogP contribution in [0.3, 0.4) is 0 Å². The van der Waals surface area contributed by atoms with E-state index >= 15 is 0 Å². The van der Waals surface area contributed by atoms with Crippen LogP contribution in [0.1, 0.15) is 30.9 Å². The molecule has 0 unspecified atom stereocenters. The Kier molecular flexibility index (Phi) is 12.1. The Morgan fingerprint density at radius 2 is 1.72 bits per heavy atom. The first-order valence-corrected chi connectivity index (χ1v) is 16.2. The molecule has 3 rings (SSSR count). The summed E-state index contributed by atoms with van der Waals surface area (Å²) in [6.07, 6.45) is 2.69. The highest BCUT2D eigenvalue weighted by Crippen LogP contribution is 2.34. The summed E-state index contributed by atoms with van der Waals surface area (Å²) >= 11 is 3.40. The monoisotopic (exact) mass is 674 g/mol. The number of nitro groups is 1. The number of nitrogens with zero attached hydrogens (tertiary/aromatic N) is 3. The van der Waals surface area contributed by atoms with E-state index in [2.05, 4.69) is 21.2 Å². The van der Waals surface area contributed by atoms with Gasteiger partial charge in [-0.2, -0.15) is 0 Å². The number of methoxy groups -OCH3 is 1. The molecule has 43 heavy (non-hydrogen) atoms. The summed E-state index contributed by atoms with van der Waals surface area (Å²) in [5.41, 5.74) is 0.992. The third-order valence-corrected chi connectivity index (χ3v) is 8.34. The molecule has 2 amide bonds. The maximum absolute atomic E-state index is 14.2. The Bertz CT molecular complexity index is 1520. The molecule has 0 heterocycles. The first-order valence-electron chi connectivity index (χ1n) is 13.6. The molecule has 0 fully saturated rings. The van der Waals surface area contributed by atoms with E-state index in [-0.39, 0.29) is 36.0 Å². The second kappa shape index (κ2) is 15.5. The van der Waals surface area contributed by atoms with Crippen LogP contribution in [0.2, 0.25) is 0 Å². The van der Waals surface area contributed by atoms with Crippen LogP contribution in [-0.4, -0.2) is 62.6 Å². The highest BCUT2D eigenvalue weighted by molar-refractivity contribution is 9.10. The van der Waals surface area contributed by atoms with Crippen LogP contribution in [0.15, 0.2) is 77.3 Å². The van der Waals surface area contributed by atoms with E-state index in [9.17, 15) is 28.1 Å². The summed E-state index contributed by atoms with van der Waals surface area (Å²) in [5, 5.41) is 14.4. The van der Waals surface area contributed by atoms with Gasteiger partial charge < -0.3 is 15.0 Å². The number of carbonyl (C=O) groups is 2. The van der Waals surface area contributed by atoms with E-state index in [1.807, 2.05) is 49.4 Å². The zero-order valence-electron chi connectivity index (χ0n) is 24.2. The number of amides is 2. The average molecular weight is 676 g/mol. The SMILES string of the molecule is CCCCNC(=O)[C@@H](Cc1ccccc1)N(Cc1ccc(Br)cc1)C(=O)CN(c1cc([N+](=O)[O-])ccc1OC)S(C)(=O)=O. The summed E-state index contributed by atoms with van der Waals surface area (Å²) in [5.74, 6) is -1.02. The van der Waals surface area contributed by atoms with Crippen molar-refractivity contribution >= 4 is 49.1 Å². The lowest BCUT2D eigenvalue weighted by Crippen LogP contribution is -2.53. The van der Waals surface area contributed by atoms with E-state index in [1.54, 1.807) is 12.1 Å². The van der Waals surface area contributed by atoms with Crippen LogP contribution in [0.5, 0.6) is 5.75 Å². The Balaban J connectivity index is 2.10. The number of non-ortho nitro benzene ring substituents is 1. The van der Waals surface area contributed by atoms with Gasteiger partial charge in [-0.1, -0.05) is 71.7 Å². The van der Waals surface area contributed by atoms with Gasteiger partial charge in [0.2, 0.25) is 21.8 Å². The summed E-state index contributed by atoms with van der Waals surface area (Å²) in [6, 6.07) is 19.0. The summed E-state index contributed by atoms with van der Waals surface area (Å²) in [6.45, 7) is 1.70. The number of nitrogens with one attached hydrogen (secondary N) is 1. The van der Waals surface area contributed by atoms with Crippen LogP contribution in [0, 0.1) is 10.1 Å². The molecule has 0 saturated heterocycles. The van der Waals surface area contributed by atoms with Crippen LogP contribution in [0.4, 0.5) is 11.4 Å². The highest BCUT2D eigenvalue weighted by atomic mass is 79.9. The Morgan fingerprint density at radius 1 is 1.05 bits per heavy atom. The van der Waals surface area contributed by atoms with E-state index in [1.165, 1.54) is 24.1 Å². The number of rotatable bonds is 15. The zero-order valence-corrected chi connectivity index (χ0v) is 26.6. The molecule has 13 heteroatoms. The zero-order chi connectivity index (χ0) is 31.6. The predicted octanol–water partition coefficient (Wildman–Crippen LogP) is 4.69. The first kappa shape index (κ1) is 33.5. The van der Waals surface area contributed by atoms with E-state index in [0.29, 0.717) is 6.54 Å². The van der Waals surface area contributed by atoms with Gasteiger partial charge in [-0.3, -0.25) is 24.0 Å². The molecule has 1 N–H and O–H groups in total. The number of benzene rings is 3. The normalized spacial score (nSPS) is 11.8. The quantitative estimate of drug-likeness (QED) is 0.140. The average Bonchev–Trinajstić information content (AvgIpc) is 2.98. The van der Waals surface area contributed by atoms with E-state index in [4.69, 9.17) is 4.74 Å². The molecule has 0 bridgehead atoms. The van der Waals surface area contributed by atoms with Crippen molar-refractivity contribution in [1.82, 2.24) is 10.2 Å². The van der Waals surface area contributed by atoms with Gasteiger partial charge in [-0.05, 0) is 35.7 Å². The topological polar surface area (TPSA) is 139 Å². The van der Waals surface area contributed by atoms with Crippen LogP contribution in [0.25, 0.3) is 0 Å². The second-order valence-electron chi connectivity index (χ2n) is 9.88. The van der Waals surface area contributed by atoms with Crippen molar-refractivity contribution in [3.05, 3.63) is 98.5 Å². The molecule has 0 aliphatic heterocycles. The lowest BCUT2D eigenvalue weighted by atomic mass is 10.0. The minimum absolute atomic E-state index is 0.00842. The number of halogens is 1. The largest absolute Gasteiger partial charge is 0.495 e. The molecule has 230 valence electrons. The van der Waals surface area contributed by atoms with E-state index in [0.717, 1.165) is 45.1 Å². The van der Waals surface area contributed by atoms with Crippen molar-refractivity contribution in [2.45, 2.75) is 38.8 Å². The highest BCUT2D eigenvalue weighted by Gasteiger charge is 2.34. The number of sulfonamides is 1. The van der Waals surface area contributed by atoms with Gasteiger partial charge in [0.25, 0.3) is 5.69 Å². The summed E-state index contributed by atoms with van der Waals surface area (Å²) in [4.78, 5) is 40.0. The van der Waals surface area contributed by atoms with Crippen molar-refractivity contribution < 1.29 is 27.7 Å². The minimum atomic E-state index is -4.15. The molecule has 3 aromatic rings. The fourth-order valence-electron chi connectivity index (χ4n) is 4.43. The number of hydrogen-bond acceptors (Lipinski definition) is 7. The Hall–Kier alpha value is -3.97. The molecule has 0 saturated carbocycles. The summed E-state index contributed by atoms with van der Waals surface area (Å²) in [7, 11) is -2.85. The minimum Gasteiger partial charge on any atom is -0.495 e. The number of nitro benzene ring substituents is 1. The van der Waals surface area contributed by atoms with Crippen molar-refractivity contribution in [1.29, 1.82) is 0 Å². The van der Waals surface area contributed by atoms with Gasteiger partial charge in [0, 0.05) is 36.1 Å².